The summed E-state index contributed by atoms with van der Waals surface area (Å²) >= 11 is 0. The van der Waals surface area contributed by atoms with Gasteiger partial charge in [-0.1, -0.05) is 87.9 Å². The molecule has 0 amide bonds. The standard InChI is InChI=1S/C28H30N2/c1-27(2,25-15-5-7-17-29-25)23-13-9-11-21(19-23)22-12-10-14-24(20-22)28(3,4)26-16-6-8-18-30-26/h5-19,22H,20H2,1-4H3. The predicted octanol–water partition coefficient (Wildman–Crippen LogP) is 6.75. The fraction of sp³-hybridized carbons (Fsp3) is 0.286. The van der Waals surface area contributed by atoms with Gasteiger partial charge >= 0.3 is 0 Å². The molecule has 2 aromatic heterocycles. The Morgan fingerprint density at radius 1 is 0.767 bits per heavy atom. The van der Waals surface area contributed by atoms with Crippen molar-refractivity contribution in [3.63, 3.8) is 0 Å². The molecule has 1 atom stereocenters. The van der Waals surface area contributed by atoms with E-state index in [9.17, 15) is 0 Å². The summed E-state index contributed by atoms with van der Waals surface area (Å²) in [5, 5.41) is 0. The van der Waals surface area contributed by atoms with Gasteiger partial charge in [-0.05, 0) is 41.8 Å². The average molecular weight is 395 g/mol. The Morgan fingerprint density at radius 2 is 1.43 bits per heavy atom. The quantitative estimate of drug-likeness (QED) is 0.478. The van der Waals surface area contributed by atoms with Gasteiger partial charge in [0, 0.05) is 34.8 Å². The summed E-state index contributed by atoms with van der Waals surface area (Å²) < 4.78 is 0. The van der Waals surface area contributed by atoms with Crippen LogP contribution in [0.15, 0.2) is 96.9 Å². The number of aromatic nitrogens is 2. The second-order valence-electron chi connectivity index (χ2n) is 9.19. The van der Waals surface area contributed by atoms with Crippen molar-refractivity contribution in [1.82, 2.24) is 9.97 Å². The third-order valence-corrected chi connectivity index (χ3v) is 6.53. The van der Waals surface area contributed by atoms with Crippen molar-refractivity contribution in [2.24, 2.45) is 0 Å². The summed E-state index contributed by atoms with van der Waals surface area (Å²) in [7, 11) is 0. The molecule has 1 aromatic carbocycles. The predicted molar refractivity (Wildman–Crippen MR) is 125 cm³/mol. The molecule has 152 valence electrons. The zero-order valence-corrected chi connectivity index (χ0v) is 18.3. The van der Waals surface area contributed by atoms with Gasteiger partial charge in [0.15, 0.2) is 0 Å². The summed E-state index contributed by atoms with van der Waals surface area (Å²) in [5.74, 6) is 0.368. The lowest BCUT2D eigenvalue weighted by Crippen LogP contribution is -2.24. The molecular weight excluding hydrogens is 364 g/mol. The number of benzene rings is 1. The van der Waals surface area contributed by atoms with E-state index in [2.05, 4.69) is 104 Å². The molecule has 2 nitrogen and oxygen atoms in total. The van der Waals surface area contributed by atoms with Crippen molar-refractivity contribution in [1.29, 1.82) is 0 Å². The molecule has 0 fully saturated rings. The van der Waals surface area contributed by atoms with Crippen LogP contribution in [-0.2, 0) is 10.8 Å². The molecular formula is C28H30N2. The average Bonchev–Trinajstić information content (AvgIpc) is 2.80. The maximum absolute atomic E-state index is 4.63. The Bertz CT molecular complexity index is 1060. The molecule has 0 N–H and O–H groups in total. The van der Waals surface area contributed by atoms with E-state index in [1.54, 1.807) is 0 Å². The molecule has 0 bridgehead atoms. The molecule has 1 unspecified atom stereocenters. The minimum absolute atomic E-state index is 0.0882. The number of pyridine rings is 2. The summed E-state index contributed by atoms with van der Waals surface area (Å²) in [6, 6.07) is 21.4. The van der Waals surface area contributed by atoms with Gasteiger partial charge < -0.3 is 0 Å². The molecule has 2 heteroatoms. The lowest BCUT2D eigenvalue weighted by molar-refractivity contribution is 0.556. The molecule has 0 spiro atoms. The van der Waals surface area contributed by atoms with E-state index >= 15 is 0 Å². The van der Waals surface area contributed by atoms with Crippen LogP contribution in [0.5, 0.6) is 0 Å². The summed E-state index contributed by atoms with van der Waals surface area (Å²) in [4.78, 5) is 9.25. The number of allylic oxidation sites excluding steroid dienone is 4. The van der Waals surface area contributed by atoms with E-state index in [-0.39, 0.29) is 10.8 Å². The van der Waals surface area contributed by atoms with E-state index < -0.39 is 0 Å². The zero-order valence-electron chi connectivity index (χ0n) is 18.3. The number of hydrogen-bond donors (Lipinski definition) is 0. The van der Waals surface area contributed by atoms with Crippen LogP contribution < -0.4 is 0 Å². The zero-order chi connectivity index (χ0) is 21.2. The summed E-state index contributed by atoms with van der Waals surface area (Å²) in [6.07, 6.45) is 11.6. The summed E-state index contributed by atoms with van der Waals surface area (Å²) in [6.45, 7) is 9.05. The highest BCUT2D eigenvalue weighted by Crippen LogP contribution is 2.40. The molecule has 0 saturated heterocycles. The fourth-order valence-electron chi connectivity index (χ4n) is 4.31. The van der Waals surface area contributed by atoms with Crippen LogP contribution in [0.2, 0.25) is 0 Å². The van der Waals surface area contributed by atoms with Crippen LogP contribution in [0.3, 0.4) is 0 Å². The van der Waals surface area contributed by atoms with Crippen molar-refractivity contribution in [3.05, 3.63) is 119 Å². The highest BCUT2D eigenvalue weighted by molar-refractivity contribution is 5.42. The van der Waals surface area contributed by atoms with Crippen LogP contribution in [0.25, 0.3) is 0 Å². The van der Waals surface area contributed by atoms with Crippen molar-refractivity contribution < 1.29 is 0 Å². The molecule has 1 aliphatic carbocycles. The first-order chi connectivity index (χ1) is 14.4. The van der Waals surface area contributed by atoms with Gasteiger partial charge in [-0.3, -0.25) is 9.97 Å². The Hall–Kier alpha value is -3.00. The van der Waals surface area contributed by atoms with E-state index in [0.29, 0.717) is 5.92 Å². The van der Waals surface area contributed by atoms with E-state index in [1.807, 2.05) is 24.5 Å². The fourth-order valence-corrected chi connectivity index (χ4v) is 4.31. The highest BCUT2D eigenvalue weighted by atomic mass is 14.7. The minimum Gasteiger partial charge on any atom is -0.260 e. The van der Waals surface area contributed by atoms with Gasteiger partial charge in [0.1, 0.15) is 0 Å². The van der Waals surface area contributed by atoms with Gasteiger partial charge in [0.25, 0.3) is 0 Å². The van der Waals surface area contributed by atoms with E-state index in [0.717, 1.165) is 17.8 Å². The van der Waals surface area contributed by atoms with E-state index in [1.165, 1.54) is 16.7 Å². The first kappa shape index (κ1) is 20.3. The number of hydrogen-bond acceptors (Lipinski definition) is 2. The Kier molecular flexibility index (Phi) is 5.42. The first-order valence-electron chi connectivity index (χ1n) is 10.7. The van der Waals surface area contributed by atoms with Crippen molar-refractivity contribution in [3.8, 4) is 0 Å². The monoisotopic (exact) mass is 394 g/mol. The van der Waals surface area contributed by atoms with Gasteiger partial charge in [-0.2, -0.15) is 0 Å². The Balaban J connectivity index is 1.61. The maximum Gasteiger partial charge on any atom is 0.0503 e. The Morgan fingerprint density at radius 3 is 2.07 bits per heavy atom. The number of nitrogens with zero attached hydrogens (tertiary/aromatic N) is 2. The van der Waals surface area contributed by atoms with Crippen molar-refractivity contribution in [2.75, 3.05) is 0 Å². The largest absolute Gasteiger partial charge is 0.260 e. The topological polar surface area (TPSA) is 25.8 Å². The van der Waals surface area contributed by atoms with Gasteiger partial charge in [0.2, 0.25) is 0 Å². The minimum atomic E-state index is -0.137. The smallest absolute Gasteiger partial charge is 0.0503 e. The van der Waals surface area contributed by atoms with Crippen LogP contribution >= 0.6 is 0 Å². The molecule has 30 heavy (non-hydrogen) atoms. The van der Waals surface area contributed by atoms with Crippen molar-refractivity contribution in [2.45, 2.75) is 50.9 Å². The molecule has 2 heterocycles. The van der Waals surface area contributed by atoms with Gasteiger partial charge in [-0.25, -0.2) is 0 Å². The number of rotatable bonds is 5. The molecule has 0 aliphatic heterocycles. The van der Waals surface area contributed by atoms with Crippen LogP contribution in [0.1, 0.15) is 62.5 Å². The van der Waals surface area contributed by atoms with E-state index in [4.69, 9.17) is 0 Å². The van der Waals surface area contributed by atoms with Gasteiger partial charge in [0.05, 0.1) is 5.69 Å². The second-order valence-corrected chi connectivity index (χ2v) is 9.19. The van der Waals surface area contributed by atoms with Gasteiger partial charge in [-0.15, -0.1) is 0 Å². The highest BCUT2D eigenvalue weighted by Gasteiger charge is 2.30. The molecule has 0 radical (unpaired) electrons. The molecule has 4 rings (SSSR count). The third-order valence-electron chi connectivity index (χ3n) is 6.53. The lowest BCUT2D eigenvalue weighted by atomic mass is 9.73. The second kappa shape index (κ2) is 8.02. The van der Waals surface area contributed by atoms with Crippen LogP contribution in [-0.4, -0.2) is 9.97 Å². The molecule has 3 aromatic rings. The normalized spacial score (nSPS) is 16.9. The van der Waals surface area contributed by atoms with Crippen molar-refractivity contribution >= 4 is 0 Å². The summed E-state index contributed by atoms with van der Waals surface area (Å²) in [5.41, 5.74) is 6.07. The maximum atomic E-state index is 4.63. The first-order valence-corrected chi connectivity index (χ1v) is 10.7. The molecule has 1 aliphatic rings. The lowest BCUT2D eigenvalue weighted by Gasteiger charge is -2.32. The Labute approximate surface area is 180 Å². The SMILES string of the molecule is CC(C)(C1=CC=CC(c2cccc(C(C)(C)c3ccccn3)c2)C1)c1ccccn1. The van der Waals surface area contributed by atoms with Crippen LogP contribution in [0, 0.1) is 0 Å². The molecule has 0 saturated carbocycles. The third kappa shape index (κ3) is 3.87. The van der Waals surface area contributed by atoms with Crippen LogP contribution in [0.4, 0.5) is 0 Å².